The third-order valence-corrected chi connectivity index (χ3v) is 2.99. The van der Waals surface area contributed by atoms with E-state index >= 15 is 0 Å². The summed E-state index contributed by atoms with van der Waals surface area (Å²) in [5, 5.41) is 0. The first-order valence-corrected chi connectivity index (χ1v) is 5.88. The molecule has 0 aliphatic heterocycles. The topological polar surface area (TPSA) is 20.3 Å². The van der Waals surface area contributed by atoms with Crippen LogP contribution in [0.2, 0.25) is 0 Å². The molecule has 0 amide bonds. The molecule has 7 heteroatoms. The Morgan fingerprint density at radius 2 is 1.85 bits per heavy atom. The SMILES string of the molecule is CC(C(=O)c1ccc(F)c(F)c1)N(C)CCC(F)(F)F. The number of hydrogen-bond donors (Lipinski definition) is 0. The fraction of sp³-hybridized carbons (Fsp3) is 0.462. The lowest BCUT2D eigenvalue weighted by Gasteiger charge is -2.24. The predicted molar refractivity (Wildman–Crippen MR) is 63.5 cm³/mol. The van der Waals surface area contributed by atoms with Gasteiger partial charge in [-0.15, -0.1) is 0 Å². The highest BCUT2D eigenvalue weighted by atomic mass is 19.4. The Hall–Kier alpha value is -1.50. The van der Waals surface area contributed by atoms with Crippen LogP contribution in [0.15, 0.2) is 18.2 Å². The van der Waals surface area contributed by atoms with Gasteiger partial charge in [0.25, 0.3) is 0 Å². The summed E-state index contributed by atoms with van der Waals surface area (Å²) in [4.78, 5) is 13.2. The Balaban J connectivity index is 2.73. The molecule has 0 bridgehead atoms. The summed E-state index contributed by atoms with van der Waals surface area (Å²) < 4.78 is 62.1. The molecule has 0 saturated heterocycles. The van der Waals surface area contributed by atoms with E-state index in [2.05, 4.69) is 0 Å². The molecular formula is C13H14F5NO. The van der Waals surface area contributed by atoms with Gasteiger partial charge in [-0.1, -0.05) is 0 Å². The van der Waals surface area contributed by atoms with Crippen LogP contribution in [0.25, 0.3) is 0 Å². The molecule has 0 saturated carbocycles. The van der Waals surface area contributed by atoms with Crippen LogP contribution in [0.4, 0.5) is 22.0 Å². The molecule has 112 valence electrons. The Labute approximate surface area is 113 Å². The lowest BCUT2D eigenvalue weighted by atomic mass is 10.0. The second kappa shape index (κ2) is 6.30. The van der Waals surface area contributed by atoms with Gasteiger partial charge in [-0.3, -0.25) is 9.69 Å². The zero-order valence-corrected chi connectivity index (χ0v) is 11.0. The van der Waals surface area contributed by atoms with E-state index in [-0.39, 0.29) is 12.1 Å². The van der Waals surface area contributed by atoms with E-state index in [1.165, 1.54) is 18.9 Å². The minimum atomic E-state index is -4.31. The quantitative estimate of drug-likeness (QED) is 0.613. The van der Waals surface area contributed by atoms with Crippen LogP contribution in [0.3, 0.4) is 0 Å². The first-order valence-electron chi connectivity index (χ1n) is 5.88. The largest absolute Gasteiger partial charge is 0.390 e. The van der Waals surface area contributed by atoms with Crippen molar-refractivity contribution in [3.8, 4) is 0 Å². The highest BCUT2D eigenvalue weighted by Crippen LogP contribution is 2.20. The maximum atomic E-state index is 13.0. The predicted octanol–water partition coefficient (Wildman–Crippen LogP) is 3.42. The summed E-state index contributed by atoms with van der Waals surface area (Å²) in [6.07, 6.45) is -5.35. The number of rotatable bonds is 5. The molecule has 1 rings (SSSR count). The molecule has 1 aromatic rings. The van der Waals surface area contributed by atoms with Gasteiger partial charge in [-0.25, -0.2) is 8.78 Å². The number of likely N-dealkylation sites (N-methyl/N-ethyl adjacent to an activating group) is 1. The van der Waals surface area contributed by atoms with Crippen molar-refractivity contribution in [3.05, 3.63) is 35.4 Å². The van der Waals surface area contributed by atoms with Gasteiger partial charge in [0.1, 0.15) is 0 Å². The smallest absolute Gasteiger partial charge is 0.296 e. The molecule has 0 aromatic heterocycles. The van der Waals surface area contributed by atoms with Crippen molar-refractivity contribution >= 4 is 5.78 Å². The molecule has 0 heterocycles. The van der Waals surface area contributed by atoms with Gasteiger partial charge in [0.15, 0.2) is 17.4 Å². The monoisotopic (exact) mass is 295 g/mol. The molecule has 1 unspecified atom stereocenters. The molecule has 0 fully saturated rings. The Bertz CT molecular complexity index is 486. The normalized spacial score (nSPS) is 13.6. The Morgan fingerprint density at radius 1 is 1.25 bits per heavy atom. The summed E-state index contributed by atoms with van der Waals surface area (Å²) >= 11 is 0. The number of ketones is 1. The van der Waals surface area contributed by atoms with Gasteiger partial charge < -0.3 is 0 Å². The first kappa shape index (κ1) is 16.6. The maximum Gasteiger partial charge on any atom is 0.390 e. The number of nitrogens with zero attached hydrogens (tertiary/aromatic N) is 1. The van der Waals surface area contributed by atoms with Gasteiger partial charge in [-0.2, -0.15) is 13.2 Å². The van der Waals surface area contributed by atoms with Crippen molar-refractivity contribution in [2.75, 3.05) is 13.6 Å². The van der Waals surface area contributed by atoms with Crippen molar-refractivity contribution in [1.29, 1.82) is 0 Å². The molecule has 0 aliphatic carbocycles. The summed E-state index contributed by atoms with van der Waals surface area (Å²) in [7, 11) is 1.37. The van der Waals surface area contributed by atoms with E-state index in [4.69, 9.17) is 0 Å². The van der Waals surface area contributed by atoms with Crippen molar-refractivity contribution in [2.24, 2.45) is 0 Å². The molecule has 0 radical (unpaired) electrons. The number of carbonyl (C=O) groups excluding carboxylic acids is 1. The standard InChI is InChI=1S/C13H14F5NO/c1-8(19(2)6-5-13(16,17)18)12(20)9-3-4-10(14)11(15)7-9/h3-4,7-8H,5-6H2,1-2H3. The third kappa shape index (κ3) is 4.56. The zero-order valence-electron chi connectivity index (χ0n) is 11.0. The van der Waals surface area contributed by atoms with Gasteiger partial charge in [-0.05, 0) is 32.2 Å². The number of halogens is 5. The van der Waals surface area contributed by atoms with Crippen molar-refractivity contribution in [3.63, 3.8) is 0 Å². The number of alkyl halides is 3. The number of carbonyl (C=O) groups is 1. The van der Waals surface area contributed by atoms with Crippen LogP contribution in [-0.4, -0.2) is 36.5 Å². The van der Waals surface area contributed by atoms with E-state index in [0.29, 0.717) is 0 Å². The average molecular weight is 295 g/mol. The highest BCUT2D eigenvalue weighted by molar-refractivity contribution is 5.99. The van der Waals surface area contributed by atoms with Gasteiger partial charge in [0.05, 0.1) is 12.5 Å². The maximum absolute atomic E-state index is 13.0. The second-order valence-corrected chi connectivity index (χ2v) is 4.51. The minimum Gasteiger partial charge on any atom is -0.296 e. The van der Waals surface area contributed by atoms with Gasteiger partial charge in [0, 0.05) is 12.1 Å². The van der Waals surface area contributed by atoms with E-state index in [0.717, 1.165) is 18.2 Å². The molecule has 20 heavy (non-hydrogen) atoms. The molecule has 2 nitrogen and oxygen atoms in total. The van der Waals surface area contributed by atoms with Crippen LogP contribution in [-0.2, 0) is 0 Å². The van der Waals surface area contributed by atoms with Gasteiger partial charge >= 0.3 is 6.18 Å². The summed E-state index contributed by atoms with van der Waals surface area (Å²) in [6, 6.07) is 1.80. The molecule has 1 atom stereocenters. The van der Waals surface area contributed by atoms with Gasteiger partial charge in [0.2, 0.25) is 0 Å². The Morgan fingerprint density at radius 3 is 2.35 bits per heavy atom. The number of hydrogen-bond acceptors (Lipinski definition) is 2. The summed E-state index contributed by atoms with van der Waals surface area (Å²) in [5.74, 6) is -2.81. The van der Waals surface area contributed by atoms with Crippen LogP contribution in [0.1, 0.15) is 23.7 Å². The van der Waals surface area contributed by atoms with Crippen LogP contribution in [0, 0.1) is 11.6 Å². The summed E-state index contributed by atoms with van der Waals surface area (Å²) in [5.41, 5.74) is -0.0738. The van der Waals surface area contributed by atoms with Crippen molar-refractivity contribution < 1.29 is 26.7 Å². The lowest BCUT2D eigenvalue weighted by molar-refractivity contribution is -0.137. The minimum absolute atomic E-state index is 0.0738. The van der Waals surface area contributed by atoms with E-state index in [1.807, 2.05) is 0 Å². The van der Waals surface area contributed by atoms with Crippen molar-refractivity contribution in [1.82, 2.24) is 4.90 Å². The molecule has 0 N–H and O–H groups in total. The van der Waals surface area contributed by atoms with E-state index in [9.17, 15) is 26.7 Å². The van der Waals surface area contributed by atoms with Crippen LogP contribution < -0.4 is 0 Å². The van der Waals surface area contributed by atoms with Crippen LogP contribution in [0.5, 0.6) is 0 Å². The average Bonchev–Trinajstić information content (AvgIpc) is 2.36. The molecule has 0 aliphatic rings. The highest BCUT2D eigenvalue weighted by Gasteiger charge is 2.29. The first-order chi connectivity index (χ1) is 9.11. The Kier molecular flexibility index (Phi) is 5.21. The third-order valence-electron chi connectivity index (χ3n) is 2.99. The lowest BCUT2D eigenvalue weighted by Crippen LogP contribution is -2.38. The molecular weight excluding hydrogens is 281 g/mol. The summed E-state index contributed by atoms with van der Waals surface area (Å²) in [6.45, 7) is 1.07. The van der Waals surface area contributed by atoms with E-state index < -0.39 is 36.1 Å². The molecule has 0 spiro atoms. The fourth-order valence-corrected chi connectivity index (χ4v) is 1.59. The van der Waals surface area contributed by atoms with Crippen molar-refractivity contribution in [2.45, 2.75) is 25.6 Å². The van der Waals surface area contributed by atoms with Crippen LogP contribution >= 0.6 is 0 Å². The number of benzene rings is 1. The zero-order chi connectivity index (χ0) is 15.5. The van der Waals surface area contributed by atoms with E-state index in [1.54, 1.807) is 0 Å². The fourth-order valence-electron chi connectivity index (χ4n) is 1.59. The number of Topliss-reactive ketones (excluding diaryl/α,β-unsaturated/α-hetero) is 1. The molecule has 1 aromatic carbocycles. The second-order valence-electron chi connectivity index (χ2n) is 4.51.